The Morgan fingerprint density at radius 2 is 2.00 bits per heavy atom. The van der Waals surface area contributed by atoms with Crippen molar-refractivity contribution in [1.82, 2.24) is 15.5 Å². The highest BCUT2D eigenvalue weighted by Crippen LogP contribution is 2.21. The number of nitrogens with one attached hydrogen (secondary N) is 2. The summed E-state index contributed by atoms with van der Waals surface area (Å²) in [6.45, 7) is 2.72. The lowest BCUT2D eigenvalue weighted by atomic mass is 10.1. The zero-order valence-corrected chi connectivity index (χ0v) is 9.74. The van der Waals surface area contributed by atoms with Crippen LogP contribution in [0.5, 0.6) is 0 Å². The van der Waals surface area contributed by atoms with Gasteiger partial charge in [0.05, 0.1) is 6.54 Å². The third kappa shape index (κ3) is 2.55. The molecule has 0 radical (unpaired) electrons. The van der Waals surface area contributed by atoms with Gasteiger partial charge in [-0.05, 0) is 32.1 Å². The predicted octanol–water partition coefficient (Wildman–Crippen LogP) is 0.0913. The lowest BCUT2D eigenvalue weighted by Gasteiger charge is -2.23. The van der Waals surface area contributed by atoms with Crippen LogP contribution in [0, 0.1) is 0 Å². The van der Waals surface area contributed by atoms with Crippen molar-refractivity contribution in [2.45, 2.75) is 50.2 Å². The smallest absolute Gasteiger partial charge is 0.234 e. The van der Waals surface area contributed by atoms with E-state index in [2.05, 4.69) is 15.5 Å². The molecule has 2 unspecified atom stereocenters. The maximum Gasteiger partial charge on any atom is 0.234 e. The summed E-state index contributed by atoms with van der Waals surface area (Å²) < 4.78 is 0. The second-order valence-corrected chi connectivity index (χ2v) is 5.50. The second-order valence-electron chi connectivity index (χ2n) is 5.50. The van der Waals surface area contributed by atoms with Crippen molar-refractivity contribution in [1.29, 1.82) is 0 Å². The molecule has 2 heterocycles. The highest BCUT2D eigenvalue weighted by Gasteiger charge is 2.30. The summed E-state index contributed by atoms with van der Waals surface area (Å²) in [7, 11) is 0. The maximum absolute atomic E-state index is 11.7. The van der Waals surface area contributed by atoms with E-state index in [1.807, 2.05) is 0 Å². The summed E-state index contributed by atoms with van der Waals surface area (Å²) in [4.78, 5) is 14.0. The quantitative estimate of drug-likeness (QED) is 0.713. The molecule has 2 bridgehead atoms. The van der Waals surface area contributed by atoms with Crippen molar-refractivity contribution in [2.75, 3.05) is 19.6 Å². The van der Waals surface area contributed by atoms with Crippen LogP contribution in [-0.2, 0) is 4.79 Å². The fourth-order valence-electron chi connectivity index (χ4n) is 2.86. The Morgan fingerprint density at radius 3 is 2.81 bits per heavy atom. The Labute approximate surface area is 96.8 Å². The Hall–Kier alpha value is -0.610. The molecule has 0 aromatic carbocycles. The van der Waals surface area contributed by atoms with Crippen molar-refractivity contribution >= 4 is 5.91 Å². The topological polar surface area (TPSA) is 44.4 Å². The molecular weight excluding hydrogens is 202 g/mol. The minimum Gasteiger partial charge on any atom is -0.352 e. The Kier molecular flexibility index (Phi) is 2.86. The van der Waals surface area contributed by atoms with Gasteiger partial charge in [0.25, 0.3) is 0 Å². The standard InChI is InChI=1S/C12H21N3O/c16-12(14-9-1-2-9)8-15-6-5-10-3-4-11(7-15)13-10/h9-11,13H,1-8H2,(H,14,16). The molecule has 2 aliphatic heterocycles. The molecule has 90 valence electrons. The molecule has 1 aliphatic carbocycles. The Morgan fingerprint density at radius 1 is 1.19 bits per heavy atom. The first-order valence-electron chi connectivity index (χ1n) is 6.57. The lowest BCUT2D eigenvalue weighted by molar-refractivity contribution is -0.122. The molecule has 1 amide bonds. The van der Waals surface area contributed by atoms with Gasteiger partial charge in [-0.25, -0.2) is 0 Å². The van der Waals surface area contributed by atoms with Gasteiger partial charge < -0.3 is 10.6 Å². The normalized spacial score (nSPS) is 34.8. The zero-order valence-electron chi connectivity index (χ0n) is 9.74. The summed E-state index contributed by atoms with van der Waals surface area (Å²) in [5.41, 5.74) is 0. The van der Waals surface area contributed by atoms with Gasteiger partial charge in [0.2, 0.25) is 5.91 Å². The number of likely N-dealkylation sites (tertiary alicyclic amines) is 1. The molecule has 3 fully saturated rings. The SMILES string of the molecule is O=C(CN1CCC2CCC(C1)N2)NC1CC1. The Balaban J connectivity index is 1.48. The molecule has 3 aliphatic rings. The van der Waals surface area contributed by atoms with Gasteiger partial charge in [-0.3, -0.25) is 9.69 Å². The maximum atomic E-state index is 11.7. The third-order valence-corrected chi connectivity index (χ3v) is 3.92. The largest absolute Gasteiger partial charge is 0.352 e. The summed E-state index contributed by atoms with van der Waals surface area (Å²) in [5.74, 6) is 0.222. The number of hydrogen-bond acceptors (Lipinski definition) is 3. The van der Waals surface area contributed by atoms with Gasteiger partial charge in [-0.2, -0.15) is 0 Å². The van der Waals surface area contributed by atoms with Crippen molar-refractivity contribution in [3.8, 4) is 0 Å². The van der Waals surface area contributed by atoms with Crippen molar-refractivity contribution in [3.05, 3.63) is 0 Å². The first kappa shape index (κ1) is 10.5. The molecule has 1 saturated carbocycles. The monoisotopic (exact) mass is 223 g/mol. The number of nitrogens with zero attached hydrogens (tertiary/aromatic N) is 1. The fraction of sp³-hybridized carbons (Fsp3) is 0.917. The highest BCUT2D eigenvalue weighted by molar-refractivity contribution is 5.78. The van der Waals surface area contributed by atoms with E-state index in [1.165, 1.54) is 32.1 Å². The average molecular weight is 223 g/mol. The Bertz CT molecular complexity index is 277. The van der Waals surface area contributed by atoms with Crippen molar-refractivity contribution in [2.24, 2.45) is 0 Å². The molecule has 16 heavy (non-hydrogen) atoms. The summed E-state index contributed by atoms with van der Waals surface area (Å²) >= 11 is 0. The van der Waals surface area contributed by atoms with Gasteiger partial charge in [0.15, 0.2) is 0 Å². The number of hydrogen-bond donors (Lipinski definition) is 2. The van der Waals surface area contributed by atoms with Crippen LogP contribution in [0.2, 0.25) is 0 Å². The van der Waals surface area contributed by atoms with Gasteiger partial charge >= 0.3 is 0 Å². The summed E-state index contributed by atoms with van der Waals surface area (Å²) in [6, 6.07) is 1.83. The van der Waals surface area contributed by atoms with Gasteiger partial charge in [0.1, 0.15) is 0 Å². The molecule has 2 N–H and O–H groups in total. The number of amides is 1. The number of carbonyl (C=O) groups is 1. The van der Waals surface area contributed by atoms with Crippen LogP contribution in [0.15, 0.2) is 0 Å². The van der Waals surface area contributed by atoms with E-state index in [0.29, 0.717) is 24.7 Å². The van der Waals surface area contributed by atoms with Crippen LogP contribution >= 0.6 is 0 Å². The molecule has 3 rings (SSSR count). The minimum atomic E-state index is 0.222. The first-order chi connectivity index (χ1) is 7.79. The molecule has 2 atom stereocenters. The zero-order chi connectivity index (χ0) is 11.0. The molecule has 4 heteroatoms. The van der Waals surface area contributed by atoms with Crippen LogP contribution in [0.25, 0.3) is 0 Å². The van der Waals surface area contributed by atoms with E-state index >= 15 is 0 Å². The lowest BCUT2D eigenvalue weighted by Crippen LogP contribution is -2.42. The predicted molar refractivity (Wildman–Crippen MR) is 62.2 cm³/mol. The van der Waals surface area contributed by atoms with Crippen LogP contribution in [0.1, 0.15) is 32.1 Å². The van der Waals surface area contributed by atoms with E-state index in [4.69, 9.17) is 0 Å². The van der Waals surface area contributed by atoms with E-state index in [9.17, 15) is 4.79 Å². The van der Waals surface area contributed by atoms with E-state index in [-0.39, 0.29) is 5.91 Å². The number of fused-ring (bicyclic) bond motifs is 2. The number of rotatable bonds is 3. The minimum absolute atomic E-state index is 0.222. The van der Waals surface area contributed by atoms with Crippen molar-refractivity contribution in [3.63, 3.8) is 0 Å². The molecular formula is C12H21N3O. The van der Waals surface area contributed by atoms with Gasteiger partial charge in [-0.15, -0.1) is 0 Å². The van der Waals surface area contributed by atoms with Crippen LogP contribution in [0.3, 0.4) is 0 Å². The van der Waals surface area contributed by atoms with Gasteiger partial charge in [-0.1, -0.05) is 0 Å². The third-order valence-electron chi connectivity index (χ3n) is 3.92. The second kappa shape index (κ2) is 4.34. The summed E-state index contributed by atoms with van der Waals surface area (Å²) in [6.07, 6.45) is 6.17. The van der Waals surface area contributed by atoms with E-state index < -0.39 is 0 Å². The molecule has 0 spiro atoms. The highest BCUT2D eigenvalue weighted by atomic mass is 16.2. The fourth-order valence-corrected chi connectivity index (χ4v) is 2.86. The average Bonchev–Trinajstić information content (AvgIpc) is 2.94. The van der Waals surface area contributed by atoms with E-state index in [1.54, 1.807) is 0 Å². The first-order valence-corrected chi connectivity index (χ1v) is 6.57. The molecule has 0 aromatic heterocycles. The molecule has 0 aromatic rings. The van der Waals surface area contributed by atoms with Crippen LogP contribution in [0.4, 0.5) is 0 Å². The molecule has 2 saturated heterocycles. The van der Waals surface area contributed by atoms with E-state index in [0.717, 1.165) is 13.1 Å². The molecule has 4 nitrogen and oxygen atoms in total. The number of carbonyl (C=O) groups excluding carboxylic acids is 1. The van der Waals surface area contributed by atoms with Gasteiger partial charge in [0, 0.05) is 31.2 Å². The van der Waals surface area contributed by atoms with Crippen molar-refractivity contribution < 1.29 is 4.79 Å². The van der Waals surface area contributed by atoms with Crippen LogP contribution in [-0.4, -0.2) is 48.6 Å². The summed E-state index contributed by atoms with van der Waals surface area (Å²) in [5, 5.41) is 6.70. The van der Waals surface area contributed by atoms with Crippen LogP contribution < -0.4 is 10.6 Å².